The van der Waals surface area contributed by atoms with Crippen LogP contribution in [-0.2, 0) is 6.54 Å². The molecule has 0 aromatic heterocycles. The Kier molecular flexibility index (Phi) is 7.29. The maximum Gasteiger partial charge on any atom is 0.322 e. The molecule has 0 spiro atoms. The van der Waals surface area contributed by atoms with Crippen LogP contribution in [0, 0.1) is 6.92 Å². The second kappa shape index (κ2) is 10.3. The molecule has 3 rings (SSSR count). The van der Waals surface area contributed by atoms with Crippen molar-refractivity contribution in [1.82, 2.24) is 4.90 Å². The summed E-state index contributed by atoms with van der Waals surface area (Å²) in [5, 5.41) is 12.2. The lowest BCUT2D eigenvalue weighted by atomic mass is 10.2. The Hall–Kier alpha value is -3.51. The van der Waals surface area contributed by atoms with Gasteiger partial charge in [0.15, 0.2) is 0 Å². The highest BCUT2D eigenvalue weighted by Gasteiger charge is 2.16. The Morgan fingerprint density at radius 2 is 1.77 bits per heavy atom. The summed E-state index contributed by atoms with van der Waals surface area (Å²) >= 11 is 0. The van der Waals surface area contributed by atoms with Gasteiger partial charge < -0.3 is 24.8 Å². The van der Waals surface area contributed by atoms with Crippen molar-refractivity contribution in [2.45, 2.75) is 13.5 Å². The Morgan fingerprint density at radius 1 is 1.00 bits per heavy atom. The summed E-state index contributed by atoms with van der Waals surface area (Å²) in [6.07, 6.45) is 0. The SMILES string of the molecule is COc1ccccc1CN(CCO)C(=O)Nc1ccc(Oc2cccc(C)c2)cc1. The van der Waals surface area contributed by atoms with Crippen LogP contribution in [0.2, 0.25) is 0 Å². The van der Waals surface area contributed by atoms with Gasteiger partial charge in [0.25, 0.3) is 0 Å². The van der Waals surface area contributed by atoms with E-state index in [0.717, 1.165) is 16.9 Å². The lowest BCUT2D eigenvalue weighted by molar-refractivity contribution is 0.184. The number of carbonyl (C=O) groups is 1. The Bertz CT molecular complexity index is 973. The first kappa shape index (κ1) is 21.2. The number of aryl methyl sites for hydroxylation is 1. The summed E-state index contributed by atoms with van der Waals surface area (Å²) in [6.45, 7) is 2.41. The Balaban J connectivity index is 1.65. The number of ether oxygens (including phenoxy) is 2. The molecule has 3 aromatic rings. The number of urea groups is 1. The van der Waals surface area contributed by atoms with Crippen LogP contribution in [0.4, 0.5) is 10.5 Å². The molecular formula is C24H26N2O4. The van der Waals surface area contributed by atoms with Gasteiger partial charge in [-0.15, -0.1) is 0 Å². The second-order valence-corrected chi connectivity index (χ2v) is 6.83. The van der Waals surface area contributed by atoms with E-state index < -0.39 is 0 Å². The number of amides is 2. The highest BCUT2D eigenvalue weighted by molar-refractivity contribution is 5.89. The zero-order chi connectivity index (χ0) is 21.3. The number of methoxy groups -OCH3 is 1. The number of rotatable bonds is 8. The van der Waals surface area contributed by atoms with Gasteiger partial charge in [0, 0.05) is 17.8 Å². The number of hydrogen-bond acceptors (Lipinski definition) is 4. The first-order valence-corrected chi connectivity index (χ1v) is 9.72. The molecular weight excluding hydrogens is 380 g/mol. The number of anilines is 1. The lowest BCUT2D eigenvalue weighted by Crippen LogP contribution is -2.36. The van der Waals surface area contributed by atoms with E-state index in [-0.39, 0.29) is 19.2 Å². The molecule has 6 nitrogen and oxygen atoms in total. The quantitative estimate of drug-likeness (QED) is 0.563. The van der Waals surface area contributed by atoms with Crippen LogP contribution in [0.1, 0.15) is 11.1 Å². The molecule has 0 fully saturated rings. The summed E-state index contributed by atoms with van der Waals surface area (Å²) in [6, 6.07) is 22.2. The first-order valence-electron chi connectivity index (χ1n) is 9.72. The van der Waals surface area contributed by atoms with Crippen LogP contribution < -0.4 is 14.8 Å². The molecule has 3 aromatic carbocycles. The van der Waals surface area contributed by atoms with Crippen molar-refractivity contribution in [3.05, 3.63) is 83.9 Å². The maximum absolute atomic E-state index is 12.8. The predicted molar refractivity (Wildman–Crippen MR) is 117 cm³/mol. The molecule has 0 unspecified atom stereocenters. The fraction of sp³-hybridized carbons (Fsp3) is 0.208. The summed E-state index contributed by atoms with van der Waals surface area (Å²) in [7, 11) is 1.59. The monoisotopic (exact) mass is 406 g/mol. The third-order valence-corrected chi connectivity index (χ3v) is 4.54. The van der Waals surface area contributed by atoms with Gasteiger partial charge in [-0.1, -0.05) is 30.3 Å². The minimum absolute atomic E-state index is 0.133. The van der Waals surface area contributed by atoms with Gasteiger partial charge in [-0.25, -0.2) is 4.79 Å². The summed E-state index contributed by atoms with van der Waals surface area (Å²) in [4.78, 5) is 14.3. The molecule has 0 radical (unpaired) electrons. The van der Waals surface area contributed by atoms with Crippen LogP contribution in [-0.4, -0.2) is 36.3 Å². The zero-order valence-corrected chi connectivity index (χ0v) is 17.2. The van der Waals surface area contributed by atoms with Crippen molar-refractivity contribution in [2.75, 3.05) is 25.6 Å². The largest absolute Gasteiger partial charge is 0.496 e. The molecule has 0 saturated heterocycles. The van der Waals surface area contributed by atoms with Gasteiger partial charge in [-0.2, -0.15) is 0 Å². The average molecular weight is 406 g/mol. The van der Waals surface area contributed by atoms with E-state index in [4.69, 9.17) is 9.47 Å². The third kappa shape index (κ3) is 5.75. The van der Waals surface area contributed by atoms with E-state index in [1.54, 1.807) is 31.4 Å². The molecule has 30 heavy (non-hydrogen) atoms. The summed E-state index contributed by atoms with van der Waals surface area (Å²) < 4.78 is 11.2. The summed E-state index contributed by atoms with van der Waals surface area (Å²) in [5.41, 5.74) is 2.63. The van der Waals surface area contributed by atoms with Gasteiger partial charge in [0.05, 0.1) is 20.3 Å². The van der Waals surface area contributed by atoms with Crippen molar-refractivity contribution in [1.29, 1.82) is 0 Å². The molecule has 0 aliphatic carbocycles. The van der Waals surface area contributed by atoms with Gasteiger partial charge in [0.2, 0.25) is 0 Å². The lowest BCUT2D eigenvalue weighted by Gasteiger charge is -2.23. The molecule has 0 heterocycles. The van der Waals surface area contributed by atoms with Crippen LogP contribution >= 0.6 is 0 Å². The van der Waals surface area contributed by atoms with Gasteiger partial charge in [0.1, 0.15) is 17.2 Å². The number of carbonyl (C=O) groups excluding carboxylic acids is 1. The van der Waals surface area contributed by atoms with Crippen molar-refractivity contribution >= 4 is 11.7 Å². The number of aliphatic hydroxyl groups excluding tert-OH is 1. The van der Waals surface area contributed by atoms with Crippen molar-refractivity contribution in [3.8, 4) is 17.2 Å². The minimum Gasteiger partial charge on any atom is -0.496 e. The van der Waals surface area contributed by atoms with Crippen LogP contribution in [0.3, 0.4) is 0 Å². The molecule has 0 saturated carbocycles. The molecule has 6 heteroatoms. The van der Waals surface area contributed by atoms with E-state index in [1.807, 2.05) is 55.5 Å². The number of aliphatic hydroxyl groups is 1. The number of nitrogens with zero attached hydrogens (tertiary/aromatic N) is 1. The second-order valence-electron chi connectivity index (χ2n) is 6.83. The van der Waals surface area contributed by atoms with Crippen LogP contribution in [0.15, 0.2) is 72.8 Å². The molecule has 0 aliphatic rings. The van der Waals surface area contributed by atoms with Crippen molar-refractivity contribution < 1.29 is 19.4 Å². The fourth-order valence-electron chi connectivity index (χ4n) is 3.04. The van der Waals surface area contributed by atoms with Crippen LogP contribution in [0.5, 0.6) is 17.2 Å². The molecule has 0 aliphatic heterocycles. The predicted octanol–water partition coefficient (Wildman–Crippen LogP) is 4.82. The number of benzene rings is 3. The highest BCUT2D eigenvalue weighted by atomic mass is 16.5. The highest BCUT2D eigenvalue weighted by Crippen LogP contribution is 2.24. The molecule has 2 N–H and O–H groups in total. The van der Waals surface area contributed by atoms with Gasteiger partial charge in [-0.3, -0.25) is 0 Å². The van der Waals surface area contributed by atoms with Gasteiger partial charge in [-0.05, 0) is 55.0 Å². The van der Waals surface area contributed by atoms with Crippen molar-refractivity contribution in [3.63, 3.8) is 0 Å². The first-order chi connectivity index (χ1) is 14.6. The number of nitrogens with one attached hydrogen (secondary N) is 1. The van der Waals surface area contributed by atoms with Crippen LogP contribution in [0.25, 0.3) is 0 Å². The Morgan fingerprint density at radius 3 is 2.47 bits per heavy atom. The topological polar surface area (TPSA) is 71.0 Å². The van der Waals surface area contributed by atoms with E-state index in [1.165, 1.54) is 4.90 Å². The molecule has 0 bridgehead atoms. The van der Waals surface area contributed by atoms with E-state index in [0.29, 0.717) is 23.7 Å². The van der Waals surface area contributed by atoms with Crippen molar-refractivity contribution in [2.24, 2.45) is 0 Å². The number of para-hydroxylation sites is 1. The van der Waals surface area contributed by atoms with E-state index in [2.05, 4.69) is 5.32 Å². The average Bonchev–Trinajstić information content (AvgIpc) is 2.75. The normalized spacial score (nSPS) is 10.4. The summed E-state index contributed by atoms with van der Waals surface area (Å²) in [5.74, 6) is 2.14. The van der Waals surface area contributed by atoms with Gasteiger partial charge >= 0.3 is 6.03 Å². The third-order valence-electron chi connectivity index (χ3n) is 4.54. The number of hydrogen-bond donors (Lipinski definition) is 2. The van der Waals surface area contributed by atoms with E-state index in [9.17, 15) is 9.90 Å². The van der Waals surface area contributed by atoms with E-state index >= 15 is 0 Å². The standard InChI is InChI=1S/C24H26N2O4/c1-18-6-5-8-22(16-18)30-21-12-10-20(11-13-21)25-24(28)26(14-15-27)17-19-7-3-4-9-23(19)29-2/h3-13,16,27H,14-15,17H2,1-2H3,(H,25,28). The molecule has 0 atom stereocenters. The Labute approximate surface area is 176 Å². The maximum atomic E-state index is 12.8. The molecule has 2 amide bonds. The molecule has 156 valence electrons. The minimum atomic E-state index is -0.303. The smallest absolute Gasteiger partial charge is 0.322 e. The zero-order valence-electron chi connectivity index (χ0n) is 17.2. The fourth-order valence-corrected chi connectivity index (χ4v) is 3.04.